The Balaban J connectivity index is 2.31. The quantitative estimate of drug-likeness (QED) is 0.876. The number of methoxy groups -OCH3 is 2. The van der Waals surface area contributed by atoms with E-state index in [0.717, 1.165) is 30.0 Å². The lowest BCUT2D eigenvalue weighted by molar-refractivity contribution is 0.356. The largest absolute Gasteiger partial charge is 0.493 e. The average molecular weight is 273 g/mol. The summed E-state index contributed by atoms with van der Waals surface area (Å²) in [5.74, 6) is 2.12. The molecule has 0 aliphatic heterocycles. The molecule has 0 aliphatic rings. The molecule has 5 nitrogen and oxygen atoms in total. The number of anilines is 1. The van der Waals surface area contributed by atoms with Gasteiger partial charge in [-0.2, -0.15) is 0 Å². The van der Waals surface area contributed by atoms with Crippen LogP contribution in [-0.2, 0) is 0 Å². The van der Waals surface area contributed by atoms with Crippen molar-refractivity contribution >= 4 is 5.82 Å². The van der Waals surface area contributed by atoms with Crippen molar-refractivity contribution in [2.45, 2.75) is 13.3 Å². The summed E-state index contributed by atoms with van der Waals surface area (Å²) in [5.41, 5.74) is 1.61. The van der Waals surface area contributed by atoms with E-state index < -0.39 is 0 Å². The maximum Gasteiger partial charge on any atom is 0.170 e. The van der Waals surface area contributed by atoms with Crippen molar-refractivity contribution in [1.82, 2.24) is 10.2 Å². The van der Waals surface area contributed by atoms with E-state index in [4.69, 9.17) is 9.47 Å². The van der Waals surface area contributed by atoms with Gasteiger partial charge >= 0.3 is 0 Å². The lowest BCUT2D eigenvalue weighted by atomic mass is 10.1. The number of nitrogens with one attached hydrogen (secondary N) is 1. The van der Waals surface area contributed by atoms with Crippen LogP contribution in [0.1, 0.15) is 13.3 Å². The molecule has 1 aromatic heterocycles. The van der Waals surface area contributed by atoms with Crippen LogP contribution in [0.25, 0.3) is 11.3 Å². The van der Waals surface area contributed by atoms with E-state index in [0.29, 0.717) is 11.5 Å². The van der Waals surface area contributed by atoms with Gasteiger partial charge in [-0.25, -0.2) is 0 Å². The summed E-state index contributed by atoms with van der Waals surface area (Å²) in [4.78, 5) is 0. The van der Waals surface area contributed by atoms with Crippen molar-refractivity contribution in [2.75, 3.05) is 26.1 Å². The number of para-hydroxylation sites is 1. The Morgan fingerprint density at radius 2 is 1.90 bits per heavy atom. The molecule has 1 aromatic carbocycles. The molecule has 0 radical (unpaired) electrons. The molecule has 0 amide bonds. The summed E-state index contributed by atoms with van der Waals surface area (Å²) in [7, 11) is 3.23. The zero-order valence-corrected chi connectivity index (χ0v) is 12.0. The van der Waals surface area contributed by atoms with Gasteiger partial charge in [0.05, 0.1) is 19.9 Å². The van der Waals surface area contributed by atoms with Crippen molar-refractivity contribution in [1.29, 1.82) is 0 Å². The maximum absolute atomic E-state index is 5.41. The van der Waals surface area contributed by atoms with Crippen LogP contribution >= 0.6 is 0 Å². The second-order valence-electron chi connectivity index (χ2n) is 4.27. The van der Waals surface area contributed by atoms with Gasteiger partial charge in [0.2, 0.25) is 0 Å². The zero-order chi connectivity index (χ0) is 14.4. The van der Waals surface area contributed by atoms with Gasteiger partial charge in [-0.3, -0.25) is 0 Å². The molecule has 1 N–H and O–H groups in total. The summed E-state index contributed by atoms with van der Waals surface area (Å²) in [6.07, 6.45) is 1.05. The number of benzene rings is 1. The standard InChI is InChI=1S/C15H19N3O2/c1-4-10-16-14-9-8-12(17-18-14)11-6-5-7-13(19-2)15(11)20-3/h5-9H,4,10H2,1-3H3,(H,16,18). The van der Waals surface area contributed by atoms with Crippen molar-refractivity contribution in [2.24, 2.45) is 0 Å². The van der Waals surface area contributed by atoms with Crippen molar-refractivity contribution in [3.8, 4) is 22.8 Å². The van der Waals surface area contributed by atoms with Crippen LogP contribution in [0, 0.1) is 0 Å². The summed E-state index contributed by atoms with van der Waals surface area (Å²) >= 11 is 0. The first-order valence-electron chi connectivity index (χ1n) is 6.59. The van der Waals surface area contributed by atoms with Gasteiger partial charge in [0.15, 0.2) is 11.5 Å². The van der Waals surface area contributed by atoms with Crippen LogP contribution < -0.4 is 14.8 Å². The summed E-state index contributed by atoms with van der Waals surface area (Å²) in [6.45, 7) is 2.99. The zero-order valence-electron chi connectivity index (χ0n) is 12.0. The number of hydrogen-bond donors (Lipinski definition) is 1. The summed E-state index contributed by atoms with van der Waals surface area (Å²) < 4.78 is 10.7. The van der Waals surface area contributed by atoms with Gasteiger partial charge in [-0.1, -0.05) is 13.0 Å². The van der Waals surface area contributed by atoms with Crippen molar-refractivity contribution < 1.29 is 9.47 Å². The first-order chi connectivity index (χ1) is 9.80. The third-order valence-electron chi connectivity index (χ3n) is 2.90. The van der Waals surface area contributed by atoms with Gasteiger partial charge in [-0.15, -0.1) is 10.2 Å². The molecule has 0 saturated heterocycles. The molecule has 2 aromatic rings. The molecule has 0 atom stereocenters. The monoisotopic (exact) mass is 273 g/mol. The maximum atomic E-state index is 5.41. The Kier molecular flexibility index (Phi) is 4.76. The second-order valence-corrected chi connectivity index (χ2v) is 4.27. The molecular formula is C15H19N3O2. The third kappa shape index (κ3) is 2.99. The highest BCUT2D eigenvalue weighted by atomic mass is 16.5. The molecule has 0 fully saturated rings. The van der Waals surface area contributed by atoms with Crippen LogP contribution in [0.2, 0.25) is 0 Å². The number of nitrogens with zero attached hydrogens (tertiary/aromatic N) is 2. The molecule has 0 bridgehead atoms. The first-order valence-corrected chi connectivity index (χ1v) is 6.59. The van der Waals surface area contributed by atoms with Crippen LogP contribution in [0.3, 0.4) is 0 Å². The van der Waals surface area contributed by atoms with E-state index in [1.807, 2.05) is 30.3 Å². The molecule has 0 spiro atoms. The van der Waals surface area contributed by atoms with Gasteiger partial charge in [-0.05, 0) is 30.7 Å². The summed E-state index contributed by atoms with van der Waals surface area (Å²) in [6, 6.07) is 9.53. The van der Waals surface area contributed by atoms with E-state index >= 15 is 0 Å². The molecule has 20 heavy (non-hydrogen) atoms. The highest BCUT2D eigenvalue weighted by molar-refractivity contribution is 5.71. The van der Waals surface area contributed by atoms with Crippen molar-refractivity contribution in [3.63, 3.8) is 0 Å². The molecule has 1 heterocycles. The minimum atomic E-state index is 0.665. The molecular weight excluding hydrogens is 254 g/mol. The van der Waals surface area contributed by atoms with Crippen LogP contribution in [-0.4, -0.2) is 31.0 Å². The first kappa shape index (κ1) is 14.1. The molecule has 2 rings (SSSR count). The topological polar surface area (TPSA) is 56.3 Å². The molecule has 0 unspecified atom stereocenters. The van der Waals surface area contributed by atoms with E-state index in [1.54, 1.807) is 14.2 Å². The van der Waals surface area contributed by atoms with Crippen LogP contribution in [0.15, 0.2) is 30.3 Å². The third-order valence-corrected chi connectivity index (χ3v) is 2.90. The fourth-order valence-electron chi connectivity index (χ4n) is 1.91. The van der Waals surface area contributed by atoms with Gasteiger partial charge in [0, 0.05) is 12.1 Å². The van der Waals surface area contributed by atoms with Gasteiger partial charge in [0.25, 0.3) is 0 Å². The Morgan fingerprint density at radius 3 is 2.50 bits per heavy atom. The Labute approximate surface area is 118 Å². The minimum Gasteiger partial charge on any atom is -0.493 e. The van der Waals surface area contributed by atoms with E-state index in [2.05, 4.69) is 22.4 Å². The number of rotatable bonds is 6. The molecule has 0 saturated carbocycles. The fourth-order valence-corrected chi connectivity index (χ4v) is 1.91. The minimum absolute atomic E-state index is 0.665. The molecule has 5 heteroatoms. The SMILES string of the molecule is CCCNc1ccc(-c2cccc(OC)c2OC)nn1. The van der Waals surface area contributed by atoms with E-state index in [9.17, 15) is 0 Å². The number of hydrogen-bond acceptors (Lipinski definition) is 5. The smallest absolute Gasteiger partial charge is 0.170 e. The Morgan fingerprint density at radius 1 is 1.05 bits per heavy atom. The fraction of sp³-hybridized carbons (Fsp3) is 0.333. The second kappa shape index (κ2) is 6.75. The van der Waals surface area contributed by atoms with E-state index in [-0.39, 0.29) is 0 Å². The average Bonchev–Trinajstić information content (AvgIpc) is 2.52. The Hall–Kier alpha value is -2.30. The van der Waals surface area contributed by atoms with Gasteiger partial charge < -0.3 is 14.8 Å². The predicted molar refractivity (Wildman–Crippen MR) is 79.4 cm³/mol. The van der Waals surface area contributed by atoms with Crippen molar-refractivity contribution in [3.05, 3.63) is 30.3 Å². The van der Waals surface area contributed by atoms with Crippen LogP contribution in [0.5, 0.6) is 11.5 Å². The number of aromatic nitrogens is 2. The predicted octanol–water partition coefficient (Wildman–Crippen LogP) is 2.98. The highest BCUT2D eigenvalue weighted by Gasteiger charge is 2.12. The summed E-state index contributed by atoms with van der Waals surface area (Å²) in [5, 5.41) is 11.6. The normalized spacial score (nSPS) is 10.2. The van der Waals surface area contributed by atoms with Crippen LogP contribution in [0.4, 0.5) is 5.82 Å². The Bertz CT molecular complexity index is 556. The molecule has 106 valence electrons. The lowest BCUT2D eigenvalue weighted by Gasteiger charge is -2.12. The lowest BCUT2D eigenvalue weighted by Crippen LogP contribution is -2.03. The highest BCUT2D eigenvalue weighted by Crippen LogP contribution is 2.36. The number of ether oxygens (including phenoxy) is 2. The van der Waals surface area contributed by atoms with Gasteiger partial charge in [0.1, 0.15) is 5.82 Å². The van der Waals surface area contributed by atoms with E-state index in [1.165, 1.54) is 0 Å². The molecule has 0 aliphatic carbocycles.